The third kappa shape index (κ3) is 4.57. The van der Waals surface area contributed by atoms with Gasteiger partial charge in [-0.1, -0.05) is 133 Å². The molecule has 10 aromatic rings. The predicted molar refractivity (Wildman–Crippen MR) is 201 cm³/mol. The summed E-state index contributed by atoms with van der Waals surface area (Å²) in [5.41, 5.74) is 6.99. The van der Waals surface area contributed by atoms with Gasteiger partial charge in [-0.15, -0.1) is 0 Å². The summed E-state index contributed by atoms with van der Waals surface area (Å²) in [7, 11) is 0. The van der Waals surface area contributed by atoms with E-state index < -0.39 is 0 Å². The first-order valence-electron chi connectivity index (χ1n) is 16.4. The van der Waals surface area contributed by atoms with Gasteiger partial charge in [-0.2, -0.15) is 0 Å². The minimum absolute atomic E-state index is 0.646. The van der Waals surface area contributed by atoms with E-state index in [9.17, 15) is 0 Å². The highest BCUT2D eigenvalue weighted by Crippen LogP contribution is 2.40. The summed E-state index contributed by atoms with van der Waals surface area (Å²) in [6.45, 7) is 0. The van der Waals surface area contributed by atoms with Gasteiger partial charge >= 0.3 is 0 Å². The van der Waals surface area contributed by atoms with Crippen LogP contribution in [0.3, 0.4) is 0 Å². The summed E-state index contributed by atoms with van der Waals surface area (Å²) in [6, 6.07) is 57.0. The lowest BCUT2D eigenvalue weighted by Gasteiger charge is -2.14. The van der Waals surface area contributed by atoms with Gasteiger partial charge < -0.3 is 4.42 Å². The van der Waals surface area contributed by atoms with Gasteiger partial charge in [-0.3, -0.25) is 0 Å². The molecule has 0 aliphatic rings. The van der Waals surface area contributed by atoms with E-state index >= 15 is 0 Å². The van der Waals surface area contributed by atoms with Crippen molar-refractivity contribution in [3.63, 3.8) is 0 Å². The van der Waals surface area contributed by atoms with Crippen LogP contribution in [0.1, 0.15) is 0 Å². The fraction of sp³-hybridized carbons (Fsp3) is 0. The van der Waals surface area contributed by atoms with E-state index in [4.69, 9.17) is 19.4 Å². The third-order valence-corrected chi connectivity index (χ3v) is 9.50. The molecule has 0 saturated heterocycles. The molecule has 2 aromatic heterocycles. The average molecular weight is 626 g/mol. The maximum atomic E-state index is 6.12. The van der Waals surface area contributed by atoms with Crippen LogP contribution in [0.15, 0.2) is 168 Å². The molecule has 0 spiro atoms. The second kappa shape index (κ2) is 11.0. The van der Waals surface area contributed by atoms with E-state index in [0.29, 0.717) is 17.5 Å². The molecule has 2 heterocycles. The van der Waals surface area contributed by atoms with Crippen LogP contribution in [0.2, 0.25) is 0 Å². The van der Waals surface area contributed by atoms with E-state index in [1.165, 1.54) is 26.9 Å². The van der Waals surface area contributed by atoms with Gasteiger partial charge in [0.2, 0.25) is 0 Å². The molecule has 0 saturated carbocycles. The number of nitrogens with zero attached hydrogens (tertiary/aromatic N) is 3. The normalized spacial score (nSPS) is 11.7. The Balaban J connectivity index is 1.18. The molecule has 0 atom stereocenters. The molecule has 4 nitrogen and oxygen atoms in total. The van der Waals surface area contributed by atoms with Crippen LogP contribution in [0.5, 0.6) is 0 Å². The van der Waals surface area contributed by atoms with Gasteiger partial charge in [0.05, 0.1) is 0 Å². The number of furan rings is 1. The zero-order valence-corrected chi connectivity index (χ0v) is 26.3. The molecule has 0 N–H and O–H groups in total. The van der Waals surface area contributed by atoms with Gasteiger partial charge in [0.1, 0.15) is 11.2 Å². The van der Waals surface area contributed by atoms with Gasteiger partial charge in [0.15, 0.2) is 17.5 Å². The first kappa shape index (κ1) is 27.5. The van der Waals surface area contributed by atoms with Crippen molar-refractivity contribution in [3.8, 4) is 45.3 Å². The van der Waals surface area contributed by atoms with Gasteiger partial charge in [-0.25, -0.2) is 15.0 Å². The number of hydrogen-bond acceptors (Lipinski definition) is 4. The lowest BCUT2D eigenvalue weighted by molar-refractivity contribution is 0.669. The minimum atomic E-state index is 0.646. The maximum Gasteiger partial charge on any atom is 0.164 e. The fourth-order valence-corrected chi connectivity index (χ4v) is 7.12. The monoisotopic (exact) mass is 625 g/mol. The highest BCUT2D eigenvalue weighted by molar-refractivity contribution is 6.26. The van der Waals surface area contributed by atoms with E-state index in [1.807, 2.05) is 72.8 Å². The van der Waals surface area contributed by atoms with Crippen LogP contribution in [0.4, 0.5) is 0 Å². The molecule has 0 radical (unpaired) electrons. The minimum Gasteiger partial charge on any atom is -0.456 e. The summed E-state index contributed by atoms with van der Waals surface area (Å²) in [6.07, 6.45) is 0. The van der Waals surface area contributed by atoms with Gasteiger partial charge in [-0.05, 0) is 73.8 Å². The van der Waals surface area contributed by atoms with Crippen molar-refractivity contribution in [2.24, 2.45) is 0 Å². The lowest BCUT2D eigenvalue weighted by atomic mass is 9.91. The molecule has 228 valence electrons. The largest absolute Gasteiger partial charge is 0.456 e. The molecule has 49 heavy (non-hydrogen) atoms. The van der Waals surface area contributed by atoms with E-state index in [1.54, 1.807) is 0 Å². The van der Waals surface area contributed by atoms with Crippen LogP contribution in [-0.2, 0) is 0 Å². The van der Waals surface area contributed by atoms with Crippen molar-refractivity contribution in [1.82, 2.24) is 15.0 Å². The van der Waals surface area contributed by atoms with Gasteiger partial charge in [0.25, 0.3) is 0 Å². The second-order valence-electron chi connectivity index (χ2n) is 12.4. The molecule has 0 aliphatic heterocycles. The average Bonchev–Trinajstić information content (AvgIpc) is 3.56. The van der Waals surface area contributed by atoms with Crippen molar-refractivity contribution >= 4 is 54.3 Å². The Morgan fingerprint density at radius 1 is 0.265 bits per heavy atom. The summed E-state index contributed by atoms with van der Waals surface area (Å²) >= 11 is 0. The zero-order chi connectivity index (χ0) is 32.3. The highest BCUT2D eigenvalue weighted by atomic mass is 16.3. The molecular formula is C45H27N3O. The molecule has 0 aliphatic carbocycles. The van der Waals surface area contributed by atoms with Crippen LogP contribution in [0, 0.1) is 0 Å². The second-order valence-corrected chi connectivity index (χ2v) is 12.4. The maximum absolute atomic E-state index is 6.12. The van der Waals surface area contributed by atoms with Crippen molar-refractivity contribution < 1.29 is 4.42 Å². The summed E-state index contributed by atoms with van der Waals surface area (Å²) in [5.74, 6) is 1.95. The standard InChI is InChI=1S/C45H27N3O/c1-3-11-28(12-4-1)43-46-44(29-13-5-2-6-14-29)48-45(47-43)32-20-23-36-38-25-30(19-22-35(38)33-15-7-8-16-34(33)39(36)27-32)31-21-24-42-40(26-31)37-17-9-10-18-41(37)49-42/h1-27H. The Bertz CT molecular complexity index is 2820. The molecule has 4 heteroatoms. The quantitative estimate of drug-likeness (QED) is 0.183. The van der Waals surface area contributed by atoms with Crippen LogP contribution < -0.4 is 0 Å². The SMILES string of the molecule is c1ccc(-c2nc(-c3ccccc3)nc(-c3ccc4c5cc(-c6ccc7oc8ccccc8c7c6)ccc5c5ccccc5c4c3)n2)cc1. The molecular weight excluding hydrogens is 599 g/mol. The van der Waals surface area contributed by atoms with Crippen LogP contribution in [0.25, 0.3) is 99.5 Å². The van der Waals surface area contributed by atoms with E-state index in [-0.39, 0.29) is 0 Å². The Morgan fingerprint density at radius 3 is 1.33 bits per heavy atom. The number of hydrogen-bond donors (Lipinski definition) is 0. The lowest BCUT2D eigenvalue weighted by Crippen LogP contribution is -2.00. The Hall–Kier alpha value is -6.65. The first-order chi connectivity index (χ1) is 24.3. The van der Waals surface area contributed by atoms with Crippen LogP contribution in [-0.4, -0.2) is 15.0 Å². The molecule has 0 fully saturated rings. The Kier molecular flexibility index (Phi) is 6.15. The summed E-state index contributed by atoms with van der Waals surface area (Å²) in [5, 5.41) is 9.47. The summed E-state index contributed by atoms with van der Waals surface area (Å²) in [4.78, 5) is 14.9. The molecule has 10 rings (SSSR count). The number of rotatable bonds is 4. The number of para-hydroxylation sites is 1. The van der Waals surface area contributed by atoms with Gasteiger partial charge in [0, 0.05) is 27.5 Å². The van der Waals surface area contributed by atoms with E-state index in [2.05, 4.69) is 91.0 Å². The Morgan fingerprint density at radius 2 is 0.673 bits per heavy atom. The van der Waals surface area contributed by atoms with Crippen LogP contribution >= 0.6 is 0 Å². The zero-order valence-electron chi connectivity index (χ0n) is 26.3. The smallest absolute Gasteiger partial charge is 0.164 e. The fourth-order valence-electron chi connectivity index (χ4n) is 7.12. The molecule has 8 aromatic carbocycles. The Labute approximate surface area is 282 Å². The number of fused-ring (bicyclic) bond motifs is 9. The highest BCUT2D eigenvalue weighted by Gasteiger charge is 2.16. The predicted octanol–water partition coefficient (Wildman–Crippen LogP) is 11.9. The third-order valence-electron chi connectivity index (χ3n) is 9.50. The number of benzene rings is 8. The van der Waals surface area contributed by atoms with Crippen molar-refractivity contribution in [2.45, 2.75) is 0 Å². The van der Waals surface area contributed by atoms with E-state index in [0.717, 1.165) is 55.1 Å². The summed E-state index contributed by atoms with van der Waals surface area (Å²) < 4.78 is 6.12. The topological polar surface area (TPSA) is 51.8 Å². The number of aromatic nitrogens is 3. The molecule has 0 bridgehead atoms. The molecule has 0 amide bonds. The van der Waals surface area contributed by atoms with Crippen molar-refractivity contribution in [3.05, 3.63) is 164 Å². The van der Waals surface area contributed by atoms with Crippen molar-refractivity contribution in [1.29, 1.82) is 0 Å². The van der Waals surface area contributed by atoms with Crippen molar-refractivity contribution in [2.75, 3.05) is 0 Å². The first-order valence-corrected chi connectivity index (χ1v) is 16.4. The molecule has 0 unspecified atom stereocenters.